The fourth-order valence-corrected chi connectivity index (χ4v) is 3.84. The molecule has 1 saturated carbocycles. The molecule has 15 heavy (non-hydrogen) atoms. The van der Waals surface area contributed by atoms with Crippen LogP contribution in [0.3, 0.4) is 0 Å². The lowest BCUT2D eigenvalue weighted by Gasteiger charge is -2.14. The van der Waals surface area contributed by atoms with Gasteiger partial charge in [0.05, 0.1) is 12.9 Å². The molecule has 1 aliphatic carbocycles. The van der Waals surface area contributed by atoms with Crippen molar-refractivity contribution < 1.29 is 8.95 Å². The second-order valence-corrected chi connectivity index (χ2v) is 6.26. The number of ether oxygens (including phenoxy) is 1. The molecular weight excluding hydrogens is 208 g/mol. The van der Waals surface area contributed by atoms with Gasteiger partial charge in [0.25, 0.3) is 0 Å². The average Bonchev–Trinajstić information content (AvgIpc) is 2.66. The van der Waals surface area contributed by atoms with Gasteiger partial charge in [0, 0.05) is 28.2 Å². The van der Waals surface area contributed by atoms with Crippen molar-refractivity contribution in [2.45, 2.75) is 38.5 Å². The van der Waals surface area contributed by atoms with Gasteiger partial charge in [-0.15, -0.1) is 0 Å². The molecule has 0 aromatic rings. The van der Waals surface area contributed by atoms with Crippen LogP contribution >= 0.6 is 0 Å². The van der Waals surface area contributed by atoms with E-state index < -0.39 is 10.8 Å². The lowest BCUT2D eigenvalue weighted by atomic mass is 9.96. The number of hydrogen-bond donors (Lipinski definition) is 0. The summed E-state index contributed by atoms with van der Waals surface area (Å²) in [5.41, 5.74) is 1.47. The highest BCUT2D eigenvalue weighted by molar-refractivity contribution is 7.85. The van der Waals surface area contributed by atoms with E-state index in [1.54, 1.807) is 0 Å². The summed E-state index contributed by atoms with van der Waals surface area (Å²) in [5, 5.41) is 0. The highest BCUT2D eigenvalue weighted by Gasteiger charge is 2.21. The van der Waals surface area contributed by atoms with E-state index in [1.807, 2.05) is 6.26 Å². The first-order valence-corrected chi connectivity index (χ1v) is 7.48. The van der Waals surface area contributed by atoms with E-state index in [4.69, 9.17) is 4.74 Å². The summed E-state index contributed by atoms with van der Waals surface area (Å²) in [6, 6.07) is 0. The molecule has 0 bridgehead atoms. The molecule has 0 aromatic carbocycles. The maximum Gasteiger partial charge on any atom is 0.0910 e. The standard InChI is InChI=1S/C12H20O2S/c13-15-7-6-12(10-15)9-14-8-11-4-2-1-3-5-11/h8,12H,1-7,9-10H2. The quantitative estimate of drug-likeness (QED) is 0.694. The summed E-state index contributed by atoms with van der Waals surface area (Å²) in [4.78, 5) is 0. The Morgan fingerprint density at radius 3 is 2.80 bits per heavy atom. The molecule has 1 heterocycles. The Morgan fingerprint density at radius 2 is 2.13 bits per heavy atom. The Morgan fingerprint density at radius 1 is 1.33 bits per heavy atom. The fourth-order valence-electron chi connectivity index (χ4n) is 2.28. The molecular formula is C12H20O2S. The summed E-state index contributed by atoms with van der Waals surface area (Å²) in [6.45, 7) is 0.773. The normalized spacial score (nSPS) is 31.6. The third-order valence-electron chi connectivity index (χ3n) is 3.25. The predicted molar refractivity (Wildman–Crippen MR) is 63.1 cm³/mol. The van der Waals surface area contributed by atoms with Gasteiger partial charge in [-0.3, -0.25) is 4.21 Å². The molecule has 2 unspecified atom stereocenters. The molecule has 0 spiro atoms. The molecule has 86 valence electrons. The summed E-state index contributed by atoms with van der Waals surface area (Å²) >= 11 is 0. The summed E-state index contributed by atoms with van der Waals surface area (Å²) in [7, 11) is -0.562. The fraction of sp³-hybridized carbons (Fsp3) is 0.833. The first-order valence-electron chi connectivity index (χ1n) is 5.99. The van der Waals surface area contributed by atoms with Gasteiger partial charge in [-0.05, 0) is 37.7 Å². The molecule has 0 aromatic heterocycles. The average molecular weight is 228 g/mol. The van der Waals surface area contributed by atoms with Crippen molar-refractivity contribution in [3.8, 4) is 0 Å². The van der Waals surface area contributed by atoms with Crippen molar-refractivity contribution in [3.05, 3.63) is 11.8 Å². The zero-order chi connectivity index (χ0) is 10.5. The Labute approximate surface area is 94.5 Å². The molecule has 2 rings (SSSR count). The first-order chi connectivity index (χ1) is 7.34. The topological polar surface area (TPSA) is 26.3 Å². The van der Waals surface area contributed by atoms with Crippen LogP contribution in [0.25, 0.3) is 0 Å². The molecule has 1 saturated heterocycles. The lowest BCUT2D eigenvalue weighted by molar-refractivity contribution is 0.201. The zero-order valence-corrected chi connectivity index (χ0v) is 10.1. The van der Waals surface area contributed by atoms with Gasteiger partial charge in [-0.1, -0.05) is 6.42 Å². The minimum absolute atomic E-state index is 0.534. The molecule has 3 heteroatoms. The zero-order valence-electron chi connectivity index (χ0n) is 9.24. The Bertz CT molecular complexity index is 252. The van der Waals surface area contributed by atoms with Crippen molar-refractivity contribution in [2.75, 3.05) is 18.1 Å². The predicted octanol–water partition coefficient (Wildman–Crippen LogP) is 2.62. The van der Waals surface area contributed by atoms with Crippen molar-refractivity contribution in [3.63, 3.8) is 0 Å². The maximum absolute atomic E-state index is 11.2. The maximum atomic E-state index is 11.2. The first kappa shape index (κ1) is 11.2. The van der Waals surface area contributed by atoms with E-state index in [2.05, 4.69) is 0 Å². The molecule has 1 aliphatic heterocycles. The largest absolute Gasteiger partial charge is 0.501 e. The van der Waals surface area contributed by atoms with Crippen LogP contribution in [0.1, 0.15) is 38.5 Å². The Kier molecular flexibility index (Phi) is 4.24. The van der Waals surface area contributed by atoms with Crippen LogP contribution in [0.4, 0.5) is 0 Å². The molecule has 0 N–H and O–H groups in total. The van der Waals surface area contributed by atoms with Crippen LogP contribution < -0.4 is 0 Å². The molecule has 2 aliphatic rings. The van der Waals surface area contributed by atoms with Gasteiger partial charge in [0.2, 0.25) is 0 Å². The molecule has 2 fully saturated rings. The second-order valence-electron chi connectivity index (χ2n) is 4.64. The number of hydrogen-bond acceptors (Lipinski definition) is 2. The smallest absolute Gasteiger partial charge is 0.0910 e. The van der Waals surface area contributed by atoms with E-state index >= 15 is 0 Å². The summed E-state index contributed by atoms with van der Waals surface area (Å²) < 4.78 is 16.8. The number of allylic oxidation sites excluding steroid dienone is 1. The van der Waals surface area contributed by atoms with Crippen LogP contribution in [0.2, 0.25) is 0 Å². The van der Waals surface area contributed by atoms with Gasteiger partial charge in [-0.25, -0.2) is 0 Å². The minimum atomic E-state index is -0.562. The Hall–Kier alpha value is -0.310. The second kappa shape index (κ2) is 5.69. The van der Waals surface area contributed by atoms with Crippen molar-refractivity contribution >= 4 is 10.8 Å². The minimum Gasteiger partial charge on any atom is -0.501 e. The van der Waals surface area contributed by atoms with Gasteiger partial charge < -0.3 is 4.74 Å². The summed E-state index contributed by atoms with van der Waals surface area (Å²) in [6.07, 6.45) is 9.51. The molecule has 0 amide bonds. The summed E-state index contributed by atoms with van der Waals surface area (Å²) in [5.74, 6) is 2.26. The van der Waals surface area contributed by atoms with Crippen LogP contribution in [0, 0.1) is 5.92 Å². The van der Waals surface area contributed by atoms with Gasteiger partial charge in [-0.2, -0.15) is 0 Å². The monoisotopic (exact) mass is 228 g/mol. The van der Waals surface area contributed by atoms with Crippen molar-refractivity contribution in [1.29, 1.82) is 0 Å². The molecule has 0 radical (unpaired) electrons. The van der Waals surface area contributed by atoms with Gasteiger partial charge >= 0.3 is 0 Å². The van der Waals surface area contributed by atoms with E-state index in [0.717, 1.165) is 24.5 Å². The number of rotatable bonds is 3. The van der Waals surface area contributed by atoms with Crippen LogP contribution in [0.5, 0.6) is 0 Å². The van der Waals surface area contributed by atoms with E-state index in [9.17, 15) is 4.21 Å². The Balaban J connectivity index is 1.67. The SMILES string of the molecule is O=S1CCC(COC=C2CCCCC2)C1. The van der Waals surface area contributed by atoms with Crippen molar-refractivity contribution in [1.82, 2.24) is 0 Å². The van der Waals surface area contributed by atoms with E-state index in [0.29, 0.717) is 5.92 Å². The molecule has 2 atom stereocenters. The third kappa shape index (κ3) is 3.63. The van der Waals surface area contributed by atoms with Crippen LogP contribution in [0.15, 0.2) is 11.8 Å². The highest BCUT2D eigenvalue weighted by Crippen LogP contribution is 2.23. The van der Waals surface area contributed by atoms with E-state index in [-0.39, 0.29) is 0 Å². The van der Waals surface area contributed by atoms with Gasteiger partial charge in [0.1, 0.15) is 0 Å². The molecule has 2 nitrogen and oxygen atoms in total. The van der Waals surface area contributed by atoms with Crippen LogP contribution in [-0.4, -0.2) is 22.3 Å². The van der Waals surface area contributed by atoms with E-state index in [1.165, 1.54) is 37.7 Å². The third-order valence-corrected chi connectivity index (χ3v) is 4.79. The van der Waals surface area contributed by atoms with Gasteiger partial charge in [0.15, 0.2) is 0 Å². The lowest BCUT2D eigenvalue weighted by Crippen LogP contribution is -2.07. The van der Waals surface area contributed by atoms with Crippen LogP contribution in [-0.2, 0) is 15.5 Å². The van der Waals surface area contributed by atoms with Crippen molar-refractivity contribution in [2.24, 2.45) is 5.92 Å². The highest BCUT2D eigenvalue weighted by atomic mass is 32.2.